The number of benzene rings is 4. The summed E-state index contributed by atoms with van der Waals surface area (Å²) >= 11 is 0. The second-order valence-electron chi connectivity index (χ2n) is 10.0. The molecule has 12 heteroatoms. The largest absolute Gasteiger partial charge is 0.497 e. The van der Waals surface area contributed by atoms with Gasteiger partial charge < -0.3 is 25.8 Å². The van der Waals surface area contributed by atoms with Crippen molar-refractivity contribution in [1.82, 2.24) is 9.97 Å². The van der Waals surface area contributed by atoms with E-state index >= 15 is 0 Å². The van der Waals surface area contributed by atoms with Crippen molar-refractivity contribution >= 4 is 55.7 Å². The first kappa shape index (κ1) is 30.3. The van der Waals surface area contributed by atoms with Crippen molar-refractivity contribution in [2.45, 2.75) is 25.3 Å². The van der Waals surface area contributed by atoms with Crippen LogP contribution in [-0.4, -0.2) is 43.1 Å². The summed E-state index contributed by atoms with van der Waals surface area (Å²) in [7, 11) is -2.66. The van der Waals surface area contributed by atoms with Gasteiger partial charge >= 0.3 is 0 Å². The van der Waals surface area contributed by atoms with Crippen LogP contribution in [0, 0.1) is 13.8 Å². The lowest BCUT2D eigenvalue weighted by Crippen LogP contribution is -2.22. The van der Waals surface area contributed by atoms with E-state index in [4.69, 9.17) is 4.74 Å². The molecule has 11 nitrogen and oxygen atoms in total. The maximum atomic E-state index is 13.6. The van der Waals surface area contributed by atoms with Crippen LogP contribution in [0.2, 0.25) is 0 Å². The first-order valence-electron chi connectivity index (χ1n) is 13.7. The number of aliphatic hydroxyl groups excluding tert-OH is 1. The lowest BCUT2D eigenvalue weighted by atomic mass is 10.1. The maximum absolute atomic E-state index is 13.6. The van der Waals surface area contributed by atoms with Crippen LogP contribution in [0.15, 0.2) is 89.8 Å². The van der Waals surface area contributed by atoms with Gasteiger partial charge in [-0.05, 0) is 79.1 Å². The summed E-state index contributed by atoms with van der Waals surface area (Å²) in [4.78, 5) is 21.7. The quantitative estimate of drug-likeness (QED) is 0.133. The van der Waals surface area contributed by atoms with Gasteiger partial charge in [-0.2, -0.15) is 0 Å². The number of amides is 1. The van der Waals surface area contributed by atoms with Crippen molar-refractivity contribution in [1.29, 1.82) is 0 Å². The Bertz CT molecular complexity index is 1930. The number of nitrogens with one attached hydrogen (secondary N) is 4. The Balaban J connectivity index is 1.38. The Morgan fingerprint density at radius 2 is 1.59 bits per heavy atom. The molecule has 0 aliphatic heterocycles. The highest BCUT2D eigenvalue weighted by molar-refractivity contribution is 7.92. The molecule has 5 rings (SSSR count). The van der Waals surface area contributed by atoms with Crippen molar-refractivity contribution in [3.63, 3.8) is 0 Å². The molecule has 0 bridgehead atoms. The van der Waals surface area contributed by atoms with Crippen molar-refractivity contribution in [2.75, 3.05) is 34.3 Å². The third-order valence-corrected chi connectivity index (χ3v) is 8.26. The second-order valence-corrected chi connectivity index (χ2v) is 11.7. The maximum Gasteiger partial charge on any atom is 0.263 e. The molecule has 1 aromatic heterocycles. The van der Waals surface area contributed by atoms with Crippen molar-refractivity contribution in [3.8, 4) is 5.75 Å². The molecule has 44 heavy (non-hydrogen) atoms. The number of aromatic nitrogens is 2. The molecule has 0 saturated carbocycles. The van der Waals surface area contributed by atoms with Gasteiger partial charge in [-0.3, -0.25) is 9.52 Å². The smallest absolute Gasteiger partial charge is 0.263 e. The number of hydrogen-bond donors (Lipinski definition) is 5. The number of methoxy groups -OCH3 is 1. The fourth-order valence-corrected chi connectivity index (χ4v) is 5.54. The number of ether oxygens (including phenoxy) is 1. The van der Waals surface area contributed by atoms with Crippen LogP contribution in [-0.2, 0) is 21.4 Å². The lowest BCUT2D eigenvalue weighted by Gasteiger charge is -2.15. The molecule has 0 spiro atoms. The van der Waals surface area contributed by atoms with E-state index in [2.05, 4.69) is 30.6 Å². The van der Waals surface area contributed by atoms with Crippen LogP contribution in [0.1, 0.15) is 16.7 Å². The zero-order valence-electron chi connectivity index (χ0n) is 24.4. The number of fused-ring (bicyclic) bond motifs is 1. The molecule has 0 aliphatic rings. The number of nitrogens with zero attached hydrogens (tertiary/aromatic N) is 2. The molecule has 5 aromatic rings. The van der Waals surface area contributed by atoms with E-state index in [0.29, 0.717) is 33.7 Å². The molecule has 0 atom stereocenters. The number of sulfonamides is 1. The highest BCUT2D eigenvalue weighted by Crippen LogP contribution is 2.30. The van der Waals surface area contributed by atoms with Gasteiger partial charge in [0.2, 0.25) is 5.91 Å². The molecule has 1 amide bonds. The Labute approximate surface area is 255 Å². The predicted molar refractivity (Wildman–Crippen MR) is 172 cm³/mol. The molecular formula is C32H32N6O5S. The second kappa shape index (κ2) is 13.0. The summed E-state index contributed by atoms with van der Waals surface area (Å²) in [6.07, 6.45) is 0. The Morgan fingerprint density at radius 1 is 0.864 bits per heavy atom. The number of hydrogen-bond acceptors (Lipinski definition) is 9. The fraction of sp³-hybridized carbons (Fsp3) is 0.156. The molecule has 226 valence electrons. The SMILES string of the molecule is COc1cc(CO)cc(Nc2nc3ccccc3nc2NS(=O)(=O)c2cccc(NC(=O)CNc3cccc(C)c3C)c2)c1. The van der Waals surface area contributed by atoms with E-state index in [1.807, 2.05) is 32.0 Å². The first-order chi connectivity index (χ1) is 21.1. The monoisotopic (exact) mass is 612 g/mol. The summed E-state index contributed by atoms with van der Waals surface area (Å²) in [5, 5.41) is 18.6. The molecule has 0 fully saturated rings. The van der Waals surface area contributed by atoms with Crippen LogP contribution in [0.3, 0.4) is 0 Å². The zero-order chi connectivity index (χ0) is 31.3. The van der Waals surface area contributed by atoms with Crippen molar-refractivity contribution < 1.29 is 23.1 Å². The summed E-state index contributed by atoms with van der Waals surface area (Å²) in [6.45, 7) is 3.75. The van der Waals surface area contributed by atoms with Gasteiger partial charge in [0.1, 0.15) is 5.75 Å². The van der Waals surface area contributed by atoms with Crippen LogP contribution >= 0.6 is 0 Å². The molecule has 4 aromatic carbocycles. The van der Waals surface area contributed by atoms with Gasteiger partial charge in [0.25, 0.3) is 10.0 Å². The number of para-hydroxylation sites is 2. The summed E-state index contributed by atoms with van der Waals surface area (Å²) in [5.41, 5.74) is 5.44. The van der Waals surface area contributed by atoms with Crippen LogP contribution in [0.25, 0.3) is 11.0 Å². The van der Waals surface area contributed by atoms with Crippen LogP contribution in [0.5, 0.6) is 5.75 Å². The fourth-order valence-electron chi connectivity index (χ4n) is 4.49. The Hall–Kier alpha value is -5.20. The molecule has 1 heterocycles. The molecule has 0 saturated heterocycles. The lowest BCUT2D eigenvalue weighted by molar-refractivity contribution is -0.114. The molecular weight excluding hydrogens is 580 g/mol. The minimum atomic E-state index is -4.17. The van der Waals surface area contributed by atoms with Crippen molar-refractivity contribution in [2.24, 2.45) is 0 Å². The molecule has 0 radical (unpaired) electrons. The van der Waals surface area contributed by atoms with Crippen LogP contribution in [0.4, 0.5) is 28.7 Å². The average Bonchev–Trinajstić information content (AvgIpc) is 3.01. The van der Waals surface area contributed by atoms with E-state index in [0.717, 1.165) is 16.8 Å². The first-order valence-corrected chi connectivity index (χ1v) is 15.2. The average molecular weight is 613 g/mol. The van der Waals surface area contributed by atoms with Gasteiger partial charge in [-0.15, -0.1) is 0 Å². The molecule has 0 aliphatic carbocycles. The zero-order valence-corrected chi connectivity index (χ0v) is 25.2. The van der Waals surface area contributed by atoms with Crippen LogP contribution < -0.4 is 25.4 Å². The van der Waals surface area contributed by atoms with Gasteiger partial charge in [0.05, 0.1) is 36.2 Å². The number of anilines is 5. The van der Waals surface area contributed by atoms with E-state index in [1.54, 1.807) is 54.6 Å². The highest BCUT2D eigenvalue weighted by atomic mass is 32.2. The number of aliphatic hydroxyl groups is 1. The third-order valence-electron chi connectivity index (χ3n) is 6.92. The third kappa shape index (κ3) is 7.05. The molecule has 5 N–H and O–H groups in total. The Morgan fingerprint density at radius 3 is 2.32 bits per heavy atom. The summed E-state index contributed by atoms with van der Waals surface area (Å²) < 4.78 is 35.0. The van der Waals surface area contributed by atoms with Gasteiger partial charge in [0, 0.05) is 23.1 Å². The normalized spacial score (nSPS) is 11.2. The topological polar surface area (TPSA) is 155 Å². The van der Waals surface area contributed by atoms with Gasteiger partial charge in [-0.1, -0.05) is 30.3 Å². The standard InChI is InChI=1S/C32H32N6O5S/c1-20-8-6-13-27(21(20)2)33-18-30(40)34-23-9-7-10-26(17-23)44(41,42)38-32-31(36-28-11-4-5-12-29(28)37-32)35-24-14-22(19-39)15-25(16-24)43-3/h4-17,33,39H,18-19H2,1-3H3,(H,34,40)(H,35,36)(H,37,38). The predicted octanol–water partition coefficient (Wildman–Crippen LogP) is 5.34. The van der Waals surface area contributed by atoms with Gasteiger partial charge in [0.15, 0.2) is 11.6 Å². The summed E-state index contributed by atoms with van der Waals surface area (Å²) in [5.74, 6) is 0.273. The number of carbonyl (C=O) groups excluding carboxylic acids is 1. The van der Waals surface area contributed by atoms with E-state index < -0.39 is 10.0 Å². The number of rotatable bonds is 11. The number of carbonyl (C=O) groups is 1. The minimum absolute atomic E-state index is 0.00347. The number of aryl methyl sites for hydroxylation is 1. The van der Waals surface area contributed by atoms with E-state index in [-0.39, 0.29) is 35.6 Å². The van der Waals surface area contributed by atoms with Crippen molar-refractivity contribution in [3.05, 3.63) is 102 Å². The highest BCUT2D eigenvalue weighted by Gasteiger charge is 2.20. The minimum Gasteiger partial charge on any atom is -0.497 e. The molecule has 0 unspecified atom stereocenters. The summed E-state index contributed by atoms with van der Waals surface area (Å²) in [6, 6.07) is 23.9. The van der Waals surface area contributed by atoms with E-state index in [9.17, 15) is 18.3 Å². The van der Waals surface area contributed by atoms with Gasteiger partial charge in [-0.25, -0.2) is 18.4 Å². The Kier molecular flexibility index (Phi) is 8.93. The van der Waals surface area contributed by atoms with E-state index in [1.165, 1.54) is 19.2 Å².